The molecule has 0 aliphatic carbocycles. The van der Waals surface area contributed by atoms with Gasteiger partial charge in [0, 0.05) is 5.56 Å². The van der Waals surface area contributed by atoms with Gasteiger partial charge in [-0.2, -0.15) is 4.72 Å². The van der Waals surface area contributed by atoms with Crippen molar-refractivity contribution in [2.75, 3.05) is 0 Å². The van der Waals surface area contributed by atoms with Gasteiger partial charge >= 0.3 is 5.97 Å². The Morgan fingerprint density at radius 1 is 1.07 bits per heavy atom. The number of terminal acetylenes is 1. The summed E-state index contributed by atoms with van der Waals surface area (Å²) in [5.41, 5.74) is 1.59. The molecule has 0 aliphatic heterocycles. The molecule has 27 heavy (non-hydrogen) atoms. The van der Waals surface area contributed by atoms with Gasteiger partial charge in [-0.3, -0.25) is 4.79 Å². The molecule has 0 aliphatic rings. The monoisotopic (exact) mass is 385 g/mol. The Labute approximate surface area is 160 Å². The molecule has 2 atom stereocenters. The lowest BCUT2D eigenvalue weighted by Crippen LogP contribution is -2.45. The number of ether oxygens (including phenoxy) is 1. The van der Waals surface area contributed by atoms with Crippen LogP contribution in [0.1, 0.15) is 31.1 Å². The first-order chi connectivity index (χ1) is 12.7. The minimum Gasteiger partial charge on any atom is -0.443 e. The summed E-state index contributed by atoms with van der Waals surface area (Å²) in [7, 11) is -3.88. The number of rotatable bonds is 7. The van der Waals surface area contributed by atoms with Crippen LogP contribution in [0.25, 0.3) is 0 Å². The van der Waals surface area contributed by atoms with Crippen molar-refractivity contribution >= 4 is 16.0 Å². The maximum atomic E-state index is 12.6. The van der Waals surface area contributed by atoms with Crippen LogP contribution in [0.2, 0.25) is 0 Å². The van der Waals surface area contributed by atoms with E-state index in [-0.39, 0.29) is 10.8 Å². The number of hydrogen-bond donors (Lipinski definition) is 1. The SMILES string of the molecule is C#C[C@@H](OC(=O)[C@H](NS(=O)(=O)c1ccc(C)cc1)C(C)C)c1ccccc1. The van der Waals surface area contributed by atoms with Gasteiger partial charge in [-0.15, -0.1) is 6.42 Å². The third-order valence-corrected chi connectivity index (χ3v) is 5.48. The first kappa shape index (κ1) is 20.7. The number of benzene rings is 2. The van der Waals surface area contributed by atoms with E-state index in [1.807, 2.05) is 13.0 Å². The Kier molecular flexibility index (Phi) is 6.78. The second-order valence-electron chi connectivity index (χ2n) is 6.55. The van der Waals surface area contributed by atoms with Crippen LogP contribution in [0.5, 0.6) is 0 Å². The van der Waals surface area contributed by atoms with E-state index >= 15 is 0 Å². The highest BCUT2D eigenvalue weighted by molar-refractivity contribution is 7.89. The van der Waals surface area contributed by atoms with Crippen LogP contribution in [0.15, 0.2) is 59.5 Å². The Morgan fingerprint density at radius 2 is 1.67 bits per heavy atom. The average Bonchev–Trinajstić information content (AvgIpc) is 2.65. The molecular weight excluding hydrogens is 362 g/mol. The maximum absolute atomic E-state index is 12.6. The standard InChI is InChI=1S/C21H23NO4S/c1-5-19(17-9-7-6-8-10-17)26-21(23)20(15(2)3)22-27(24,25)18-13-11-16(4)12-14-18/h1,6-15,19-20,22H,2-4H3/t19-,20-/m1/s1. The van der Waals surface area contributed by atoms with E-state index in [4.69, 9.17) is 11.2 Å². The molecule has 2 rings (SSSR count). The lowest BCUT2D eigenvalue weighted by molar-refractivity contribution is -0.150. The minimum atomic E-state index is -3.88. The van der Waals surface area contributed by atoms with Crippen LogP contribution in [0.3, 0.4) is 0 Å². The van der Waals surface area contributed by atoms with E-state index in [0.717, 1.165) is 5.56 Å². The number of sulfonamides is 1. The van der Waals surface area contributed by atoms with Gasteiger partial charge in [0.1, 0.15) is 6.04 Å². The zero-order valence-electron chi connectivity index (χ0n) is 15.5. The lowest BCUT2D eigenvalue weighted by atomic mass is 10.1. The molecule has 6 heteroatoms. The molecule has 0 unspecified atom stereocenters. The highest BCUT2D eigenvalue weighted by Crippen LogP contribution is 2.19. The summed E-state index contributed by atoms with van der Waals surface area (Å²) >= 11 is 0. The summed E-state index contributed by atoms with van der Waals surface area (Å²) in [4.78, 5) is 12.7. The molecule has 0 amide bonds. The number of hydrogen-bond acceptors (Lipinski definition) is 4. The fourth-order valence-corrected chi connectivity index (χ4v) is 3.76. The van der Waals surface area contributed by atoms with Crippen LogP contribution in [0, 0.1) is 25.2 Å². The second-order valence-corrected chi connectivity index (χ2v) is 8.26. The lowest BCUT2D eigenvalue weighted by Gasteiger charge is -2.23. The third-order valence-electron chi connectivity index (χ3n) is 4.02. The van der Waals surface area contributed by atoms with Gasteiger partial charge in [0.15, 0.2) is 6.10 Å². The zero-order valence-corrected chi connectivity index (χ0v) is 16.4. The first-order valence-corrected chi connectivity index (χ1v) is 10.0. The molecule has 0 heterocycles. The van der Waals surface area contributed by atoms with E-state index in [1.54, 1.807) is 50.2 Å². The number of carbonyl (C=O) groups is 1. The summed E-state index contributed by atoms with van der Waals surface area (Å²) in [5, 5.41) is 0. The van der Waals surface area contributed by atoms with Crippen molar-refractivity contribution in [3.8, 4) is 12.3 Å². The van der Waals surface area contributed by atoms with Crippen LogP contribution >= 0.6 is 0 Å². The van der Waals surface area contributed by atoms with Crippen molar-refractivity contribution in [1.29, 1.82) is 0 Å². The summed E-state index contributed by atoms with van der Waals surface area (Å²) in [6, 6.07) is 14.2. The van der Waals surface area contributed by atoms with Gasteiger partial charge < -0.3 is 4.74 Å². The molecular formula is C21H23NO4S. The van der Waals surface area contributed by atoms with Gasteiger partial charge in [0.2, 0.25) is 10.0 Å². The van der Waals surface area contributed by atoms with Crippen LogP contribution < -0.4 is 4.72 Å². The highest BCUT2D eigenvalue weighted by Gasteiger charge is 2.31. The predicted octanol–water partition coefficient (Wildman–Crippen LogP) is 3.22. The Morgan fingerprint density at radius 3 is 2.19 bits per heavy atom. The van der Waals surface area contributed by atoms with Gasteiger partial charge in [-0.05, 0) is 25.0 Å². The molecule has 2 aromatic carbocycles. The first-order valence-electron chi connectivity index (χ1n) is 8.55. The smallest absolute Gasteiger partial charge is 0.326 e. The number of aryl methyl sites for hydroxylation is 1. The molecule has 142 valence electrons. The Bertz CT molecular complexity index is 913. The molecule has 0 bridgehead atoms. The minimum absolute atomic E-state index is 0.0862. The molecule has 0 spiro atoms. The van der Waals surface area contributed by atoms with Crippen molar-refractivity contribution in [3.63, 3.8) is 0 Å². The third kappa shape index (κ3) is 5.43. The van der Waals surface area contributed by atoms with Gasteiger partial charge in [-0.25, -0.2) is 8.42 Å². The number of nitrogens with one attached hydrogen (secondary N) is 1. The van der Waals surface area contributed by atoms with Gasteiger partial charge in [0.25, 0.3) is 0 Å². The van der Waals surface area contributed by atoms with Crippen LogP contribution in [-0.2, 0) is 19.6 Å². The number of carbonyl (C=O) groups excluding carboxylic acids is 1. The Balaban J connectivity index is 2.20. The normalized spacial score (nSPS) is 13.6. The predicted molar refractivity (Wildman–Crippen MR) is 104 cm³/mol. The van der Waals surface area contributed by atoms with Crippen molar-refractivity contribution in [2.45, 2.75) is 37.8 Å². The topological polar surface area (TPSA) is 72.5 Å². The summed E-state index contributed by atoms with van der Waals surface area (Å²) in [6.07, 6.45) is 4.61. The summed E-state index contributed by atoms with van der Waals surface area (Å²) in [6.45, 7) is 5.33. The van der Waals surface area contributed by atoms with Crippen LogP contribution in [-0.4, -0.2) is 20.4 Å². The number of esters is 1. The van der Waals surface area contributed by atoms with Crippen molar-refractivity contribution in [2.24, 2.45) is 5.92 Å². The summed E-state index contributed by atoms with van der Waals surface area (Å²) in [5.74, 6) is 1.38. The largest absolute Gasteiger partial charge is 0.443 e. The summed E-state index contributed by atoms with van der Waals surface area (Å²) < 4.78 is 33.1. The molecule has 5 nitrogen and oxygen atoms in total. The average molecular weight is 385 g/mol. The van der Waals surface area contributed by atoms with Crippen molar-refractivity contribution in [1.82, 2.24) is 4.72 Å². The van der Waals surface area contributed by atoms with Crippen LogP contribution in [0.4, 0.5) is 0 Å². The molecule has 0 saturated heterocycles. The fourth-order valence-electron chi connectivity index (χ4n) is 2.42. The molecule has 0 saturated carbocycles. The van der Waals surface area contributed by atoms with Gasteiger partial charge in [-0.1, -0.05) is 67.8 Å². The highest BCUT2D eigenvalue weighted by atomic mass is 32.2. The van der Waals surface area contributed by atoms with E-state index < -0.39 is 28.1 Å². The molecule has 2 aromatic rings. The second kappa shape index (κ2) is 8.85. The van der Waals surface area contributed by atoms with E-state index in [0.29, 0.717) is 5.56 Å². The maximum Gasteiger partial charge on any atom is 0.326 e. The Hall–Kier alpha value is -2.62. The van der Waals surface area contributed by atoms with Crippen molar-refractivity contribution in [3.05, 3.63) is 65.7 Å². The molecule has 0 fully saturated rings. The molecule has 0 radical (unpaired) electrons. The van der Waals surface area contributed by atoms with Crippen molar-refractivity contribution < 1.29 is 17.9 Å². The quantitative estimate of drug-likeness (QED) is 0.587. The van der Waals surface area contributed by atoms with E-state index in [2.05, 4.69) is 10.6 Å². The molecule has 0 aromatic heterocycles. The van der Waals surface area contributed by atoms with E-state index in [9.17, 15) is 13.2 Å². The van der Waals surface area contributed by atoms with E-state index in [1.165, 1.54) is 12.1 Å². The van der Waals surface area contributed by atoms with Gasteiger partial charge in [0.05, 0.1) is 4.90 Å². The fraction of sp³-hybridized carbons (Fsp3) is 0.286. The molecule has 1 N–H and O–H groups in total. The zero-order chi connectivity index (χ0) is 20.0.